The summed E-state index contributed by atoms with van der Waals surface area (Å²) in [6.07, 6.45) is -2.29. The lowest BCUT2D eigenvalue weighted by Crippen LogP contribution is -2.21. The summed E-state index contributed by atoms with van der Waals surface area (Å²) in [6.45, 7) is 0.100. The van der Waals surface area contributed by atoms with Crippen LogP contribution in [-0.4, -0.2) is 43.3 Å². The second-order valence-corrected chi connectivity index (χ2v) is 7.15. The van der Waals surface area contributed by atoms with Gasteiger partial charge in [0.25, 0.3) is 0 Å². The average molecular weight is 344 g/mol. The lowest BCUT2D eigenvalue weighted by atomic mass is 10.1. The van der Waals surface area contributed by atoms with Crippen molar-refractivity contribution in [1.29, 1.82) is 0 Å². The summed E-state index contributed by atoms with van der Waals surface area (Å²) in [6, 6.07) is 9.10. The second kappa shape index (κ2) is 9.57. The van der Waals surface area contributed by atoms with Gasteiger partial charge in [0.1, 0.15) is 18.6 Å². The fourth-order valence-electron chi connectivity index (χ4n) is 1.81. The van der Waals surface area contributed by atoms with E-state index in [1.807, 2.05) is 18.2 Å². The number of rotatable bonds is 10. The van der Waals surface area contributed by atoms with Crippen molar-refractivity contribution in [3.05, 3.63) is 35.9 Å². The van der Waals surface area contributed by atoms with E-state index in [0.29, 0.717) is 0 Å². The quantitative estimate of drug-likeness (QED) is 0.511. The Labute approximate surface area is 135 Å². The molecule has 1 unspecified atom stereocenters. The van der Waals surface area contributed by atoms with Crippen LogP contribution in [-0.2, 0) is 34.5 Å². The summed E-state index contributed by atoms with van der Waals surface area (Å²) in [5.74, 6) is -1.13. The van der Waals surface area contributed by atoms with Crippen molar-refractivity contribution >= 4 is 19.3 Å². The molecule has 0 saturated heterocycles. The van der Waals surface area contributed by atoms with E-state index in [9.17, 15) is 19.3 Å². The minimum Gasteiger partial charge on any atom is -0.461 e. The Kier molecular flexibility index (Phi) is 8.12. The Balaban J connectivity index is 2.35. The van der Waals surface area contributed by atoms with E-state index in [0.717, 1.165) is 5.56 Å². The van der Waals surface area contributed by atoms with Gasteiger partial charge in [-0.15, -0.1) is 0 Å². The molecule has 0 aliphatic heterocycles. The number of aliphatic hydroxyl groups is 1. The minimum atomic E-state index is -3.46. The highest BCUT2D eigenvalue weighted by Gasteiger charge is 2.27. The van der Waals surface area contributed by atoms with Crippen molar-refractivity contribution in [2.75, 3.05) is 20.4 Å². The Morgan fingerprint density at radius 2 is 1.74 bits per heavy atom. The van der Waals surface area contributed by atoms with Gasteiger partial charge in [-0.2, -0.15) is 0 Å². The van der Waals surface area contributed by atoms with Crippen molar-refractivity contribution in [1.82, 2.24) is 0 Å². The molecule has 0 radical (unpaired) electrons. The molecule has 1 N–H and O–H groups in total. The molecule has 128 valence electrons. The van der Waals surface area contributed by atoms with Gasteiger partial charge < -0.3 is 18.9 Å². The van der Waals surface area contributed by atoms with Gasteiger partial charge in [-0.1, -0.05) is 30.3 Å². The molecule has 8 heteroatoms. The van der Waals surface area contributed by atoms with E-state index in [1.54, 1.807) is 12.1 Å². The van der Waals surface area contributed by atoms with Crippen LogP contribution in [0.3, 0.4) is 0 Å². The SMILES string of the molecule is COP(=O)(CC(=O)CC(O)CC(=O)OCc1ccccc1)OC. The molecule has 1 aromatic rings. The van der Waals surface area contributed by atoms with Crippen LogP contribution in [0.5, 0.6) is 0 Å². The van der Waals surface area contributed by atoms with E-state index < -0.39 is 31.6 Å². The average Bonchev–Trinajstić information content (AvgIpc) is 2.53. The Hall–Kier alpha value is -1.53. The lowest BCUT2D eigenvalue weighted by molar-refractivity contribution is -0.147. The summed E-state index contributed by atoms with van der Waals surface area (Å²) in [5, 5.41) is 9.74. The molecule has 0 aromatic heterocycles. The van der Waals surface area contributed by atoms with Crippen LogP contribution < -0.4 is 0 Å². The number of aliphatic hydroxyl groups excluding tert-OH is 1. The van der Waals surface area contributed by atoms with Crippen molar-refractivity contribution in [2.45, 2.75) is 25.6 Å². The van der Waals surface area contributed by atoms with Gasteiger partial charge in [0.15, 0.2) is 0 Å². The van der Waals surface area contributed by atoms with Crippen LogP contribution in [0.15, 0.2) is 30.3 Å². The highest BCUT2D eigenvalue weighted by Crippen LogP contribution is 2.46. The van der Waals surface area contributed by atoms with Crippen molar-refractivity contribution in [3.63, 3.8) is 0 Å². The highest BCUT2D eigenvalue weighted by molar-refractivity contribution is 7.54. The summed E-state index contributed by atoms with van der Waals surface area (Å²) >= 11 is 0. The zero-order valence-electron chi connectivity index (χ0n) is 13.1. The summed E-state index contributed by atoms with van der Waals surface area (Å²) in [4.78, 5) is 23.3. The number of esters is 1. The van der Waals surface area contributed by atoms with Crippen molar-refractivity contribution in [3.8, 4) is 0 Å². The maximum atomic E-state index is 11.8. The molecule has 0 spiro atoms. The van der Waals surface area contributed by atoms with E-state index in [2.05, 4.69) is 9.05 Å². The predicted molar refractivity (Wildman–Crippen MR) is 83.0 cm³/mol. The number of ketones is 1. The molecule has 0 fully saturated rings. The Morgan fingerprint density at radius 1 is 1.13 bits per heavy atom. The van der Waals surface area contributed by atoms with Crippen LogP contribution in [0.2, 0.25) is 0 Å². The number of ether oxygens (including phenoxy) is 1. The summed E-state index contributed by atoms with van der Waals surface area (Å²) in [5.41, 5.74) is 0.826. The zero-order valence-corrected chi connectivity index (χ0v) is 14.0. The van der Waals surface area contributed by atoms with Gasteiger partial charge in [0.05, 0.1) is 12.5 Å². The first-order valence-electron chi connectivity index (χ1n) is 6.98. The fourth-order valence-corrected chi connectivity index (χ4v) is 2.78. The number of carbonyl (C=O) groups is 2. The molecule has 0 bridgehead atoms. The number of hydrogen-bond donors (Lipinski definition) is 1. The monoisotopic (exact) mass is 344 g/mol. The van der Waals surface area contributed by atoms with Crippen LogP contribution in [0.4, 0.5) is 0 Å². The molecule has 0 aliphatic rings. The van der Waals surface area contributed by atoms with Crippen LogP contribution in [0, 0.1) is 0 Å². The minimum absolute atomic E-state index is 0.100. The smallest absolute Gasteiger partial charge is 0.337 e. The topological polar surface area (TPSA) is 99.1 Å². The molecule has 7 nitrogen and oxygen atoms in total. The van der Waals surface area contributed by atoms with Gasteiger partial charge in [-0.25, -0.2) is 0 Å². The fraction of sp³-hybridized carbons (Fsp3) is 0.467. The third-order valence-corrected chi connectivity index (χ3v) is 4.89. The molecular weight excluding hydrogens is 323 g/mol. The molecule has 0 heterocycles. The van der Waals surface area contributed by atoms with Crippen molar-refractivity contribution < 1.29 is 33.0 Å². The predicted octanol–water partition coefficient (Wildman–Crippen LogP) is 1.93. The molecule has 1 atom stereocenters. The Morgan fingerprint density at radius 3 is 2.30 bits per heavy atom. The molecule has 1 rings (SSSR count). The number of carbonyl (C=O) groups excluding carboxylic acids is 2. The molecule has 0 saturated carbocycles. The van der Waals surface area contributed by atoms with Crippen LogP contribution >= 0.6 is 7.60 Å². The third kappa shape index (κ3) is 7.52. The van der Waals surface area contributed by atoms with E-state index in [-0.39, 0.29) is 19.4 Å². The maximum Gasteiger partial charge on any atom is 0.337 e. The molecular formula is C15H21O7P. The first kappa shape index (κ1) is 19.5. The van der Waals surface area contributed by atoms with E-state index >= 15 is 0 Å². The Bertz CT molecular complexity index is 550. The standard InChI is InChI=1S/C15H21O7P/c1-20-23(19,21-2)11-14(17)8-13(16)9-15(18)22-10-12-6-4-3-5-7-12/h3-7,13,16H,8-11H2,1-2H3. The first-order valence-corrected chi connectivity index (χ1v) is 8.71. The van der Waals surface area contributed by atoms with Gasteiger partial charge in [-0.05, 0) is 5.56 Å². The summed E-state index contributed by atoms with van der Waals surface area (Å²) < 4.78 is 26.1. The maximum absolute atomic E-state index is 11.8. The van der Waals surface area contributed by atoms with E-state index in [4.69, 9.17) is 4.74 Å². The first-order chi connectivity index (χ1) is 10.9. The molecule has 1 aromatic carbocycles. The van der Waals surface area contributed by atoms with Gasteiger partial charge >= 0.3 is 13.6 Å². The van der Waals surface area contributed by atoms with Gasteiger partial charge in [0, 0.05) is 20.6 Å². The molecule has 0 amide bonds. The van der Waals surface area contributed by atoms with Crippen molar-refractivity contribution in [2.24, 2.45) is 0 Å². The van der Waals surface area contributed by atoms with Gasteiger partial charge in [0.2, 0.25) is 0 Å². The van der Waals surface area contributed by atoms with Crippen LogP contribution in [0.25, 0.3) is 0 Å². The lowest BCUT2D eigenvalue weighted by Gasteiger charge is -2.14. The zero-order chi connectivity index (χ0) is 17.3. The normalized spacial score (nSPS) is 12.7. The van der Waals surface area contributed by atoms with Crippen LogP contribution in [0.1, 0.15) is 18.4 Å². The number of Topliss-reactive ketones (excluding diaryl/α,β-unsaturated/α-hetero) is 1. The van der Waals surface area contributed by atoms with Gasteiger partial charge in [-0.3, -0.25) is 14.2 Å². The number of hydrogen-bond acceptors (Lipinski definition) is 7. The second-order valence-electron chi connectivity index (χ2n) is 4.88. The number of benzene rings is 1. The largest absolute Gasteiger partial charge is 0.461 e. The highest BCUT2D eigenvalue weighted by atomic mass is 31.2. The molecule has 0 aliphatic carbocycles. The molecule has 23 heavy (non-hydrogen) atoms. The summed E-state index contributed by atoms with van der Waals surface area (Å²) in [7, 11) is -1.11. The van der Waals surface area contributed by atoms with E-state index in [1.165, 1.54) is 14.2 Å². The third-order valence-electron chi connectivity index (χ3n) is 3.03.